The summed E-state index contributed by atoms with van der Waals surface area (Å²) in [7, 11) is 0. The number of hydrogen-bond acceptors (Lipinski definition) is 1. The Morgan fingerprint density at radius 1 is 1.38 bits per heavy atom. The highest BCUT2D eigenvalue weighted by Crippen LogP contribution is 2.20. The number of aryl methyl sites for hydroxylation is 1. The molecule has 0 aliphatic rings. The van der Waals surface area contributed by atoms with Gasteiger partial charge in [-0.15, -0.1) is 0 Å². The molecule has 0 N–H and O–H groups in total. The fraction of sp³-hybridized carbons (Fsp3) is 0.200. The maximum atomic E-state index is 13.0. The van der Waals surface area contributed by atoms with Gasteiger partial charge in [-0.2, -0.15) is 0 Å². The molecule has 1 aromatic rings. The Kier molecular flexibility index (Phi) is 3.01. The molecule has 1 aromatic carbocycles. The van der Waals surface area contributed by atoms with E-state index in [1.165, 1.54) is 13.0 Å². The van der Waals surface area contributed by atoms with Gasteiger partial charge in [0, 0.05) is 6.07 Å². The number of halogens is 2. The van der Waals surface area contributed by atoms with E-state index in [9.17, 15) is 8.78 Å². The van der Waals surface area contributed by atoms with Gasteiger partial charge in [-0.3, -0.25) is 0 Å². The minimum atomic E-state index is -0.555. The molecule has 0 bridgehead atoms. The van der Waals surface area contributed by atoms with Gasteiger partial charge in [0.2, 0.25) is 0 Å². The largest absolute Gasteiger partial charge is 0.486 e. The van der Waals surface area contributed by atoms with Crippen LogP contribution in [0.1, 0.15) is 5.56 Å². The van der Waals surface area contributed by atoms with E-state index in [1.54, 1.807) is 0 Å². The zero-order chi connectivity index (χ0) is 9.84. The summed E-state index contributed by atoms with van der Waals surface area (Å²) in [5.74, 6) is -1.11. The molecule has 0 aliphatic heterocycles. The van der Waals surface area contributed by atoms with E-state index >= 15 is 0 Å². The maximum absolute atomic E-state index is 13.0. The summed E-state index contributed by atoms with van der Waals surface area (Å²) in [5, 5.41) is 0. The quantitative estimate of drug-likeness (QED) is 0.656. The second-order valence-electron chi connectivity index (χ2n) is 2.63. The molecule has 0 fully saturated rings. The topological polar surface area (TPSA) is 9.23 Å². The fourth-order valence-electron chi connectivity index (χ4n) is 0.887. The van der Waals surface area contributed by atoms with Crippen molar-refractivity contribution in [1.82, 2.24) is 0 Å². The predicted molar refractivity (Wildman–Crippen MR) is 46.8 cm³/mol. The Morgan fingerprint density at radius 2 is 2.08 bits per heavy atom. The minimum Gasteiger partial charge on any atom is -0.486 e. The van der Waals surface area contributed by atoms with Crippen LogP contribution in [0.3, 0.4) is 0 Å². The lowest BCUT2D eigenvalue weighted by atomic mass is 10.2. The lowest BCUT2D eigenvalue weighted by Crippen LogP contribution is -1.97. The van der Waals surface area contributed by atoms with Crippen molar-refractivity contribution in [3.63, 3.8) is 0 Å². The van der Waals surface area contributed by atoms with E-state index in [1.807, 2.05) is 0 Å². The molecular weight excluding hydrogens is 174 g/mol. The fourth-order valence-corrected chi connectivity index (χ4v) is 0.887. The Hall–Kier alpha value is -1.38. The van der Waals surface area contributed by atoms with Crippen molar-refractivity contribution in [2.24, 2.45) is 0 Å². The molecule has 13 heavy (non-hydrogen) atoms. The molecule has 1 rings (SSSR count). The van der Waals surface area contributed by atoms with Crippen molar-refractivity contribution in [3.05, 3.63) is 42.0 Å². The molecule has 1 nitrogen and oxygen atoms in total. The molecule has 3 heteroatoms. The molecular formula is C10H10F2O. The molecule has 0 saturated heterocycles. The monoisotopic (exact) mass is 184 g/mol. The first-order valence-electron chi connectivity index (χ1n) is 3.84. The van der Waals surface area contributed by atoms with Crippen LogP contribution in [0.2, 0.25) is 0 Å². The zero-order valence-corrected chi connectivity index (χ0v) is 7.31. The number of benzene rings is 1. The van der Waals surface area contributed by atoms with Crippen molar-refractivity contribution >= 4 is 0 Å². The number of rotatable bonds is 3. The van der Waals surface area contributed by atoms with Gasteiger partial charge < -0.3 is 4.74 Å². The standard InChI is InChI=1S/C10H10F2O/c1-3-4-13-10-6-8(11)7(2)5-9(10)12/h3,5-6H,1,4H2,2H3. The van der Waals surface area contributed by atoms with E-state index in [4.69, 9.17) is 4.74 Å². The summed E-state index contributed by atoms with van der Waals surface area (Å²) in [6, 6.07) is 2.14. The zero-order valence-electron chi connectivity index (χ0n) is 7.31. The third kappa shape index (κ3) is 2.28. The Morgan fingerprint density at radius 3 is 2.69 bits per heavy atom. The average molecular weight is 184 g/mol. The van der Waals surface area contributed by atoms with Crippen LogP contribution in [0, 0.1) is 18.6 Å². The highest BCUT2D eigenvalue weighted by molar-refractivity contribution is 5.30. The highest BCUT2D eigenvalue weighted by atomic mass is 19.1. The normalized spacial score (nSPS) is 9.77. The Labute approximate surface area is 75.6 Å². The van der Waals surface area contributed by atoms with Crippen LogP contribution in [0.4, 0.5) is 8.78 Å². The van der Waals surface area contributed by atoms with Crippen LogP contribution in [-0.4, -0.2) is 6.61 Å². The van der Waals surface area contributed by atoms with Crippen molar-refractivity contribution in [2.75, 3.05) is 6.61 Å². The number of ether oxygens (including phenoxy) is 1. The molecule has 70 valence electrons. The average Bonchev–Trinajstić information content (AvgIpc) is 2.09. The van der Waals surface area contributed by atoms with Crippen LogP contribution in [0.15, 0.2) is 24.8 Å². The first kappa shape index (κ1) is 9.71. The molecule has 0 aliphatic carbocycles. The smallest absolute Gasteiger partial charge is 0.165 e. The second-order valence-corrected chi connectivity index (χ2v) is 2.63. The molecule has 0 amide bonds. The predicted octanol–water partition coefficient (Wildman–Crippen LogP) is 2.84. The van der Waals surface area contributed by atoms with Crippen LogP contribution >= 0.6 is 0 Å². The third-order valence-corrected chi connectivity index (χ3v) is 1.57. The summed E-state index contributed by atoms with van der Waals surface area (Å²) in [6.07, 6.45) is 1.47. The van der Waals surface area contributed by atoms with E-state index in [-0.39, 0.29) is 17.9 Å². The van der Waals surface area contributed by atoms with E-state index in [0.29, 0.717) is 0 Å². The molecule has 0 aromatic heterocycles. The van der Waals surface area contributed by atoms with Gasteiger partial charge in [0.05, 0.1) is 0 Å². The van der Waals surface area contributed by atoms with Crippen molar-refractivity contribution in [2.45, 2.75) is 6.92 Å². The molecule has 0 heterocycles. The molecule has 0 radical (unpaired) electrons. The molecule has 0 unspecified atom stereocenters. The van der Waals surface area contributed by atoms with E-state index in [2.05, 4.69) is 6.58 Å². The van der Waals surface area contributed by atoms with Gasteiger partial charge in [0.15, 0.2) is 11.6 Å². The van der Waals surface area contributed by atoms with E-state index in [0.717, 1.165) is 12.1 Å². The van der Waals surface area contributed by atoms with Crippen LogP contribution < -0.4 is 4.74 Å². The van der Waals surface area contributed by atoms with Crippen molar-refractivity contribution in [1.29, 1.82) is 0 Å². The first-order chi connectivity index (χ1) is 6.15. The maximum Gasteiger partial charge on any atom is 0.165 e. The summed E-state index contributed by atoms with van der Waals surface area (Å²) in [5.41, 5.74) is 0.267. The number of hydrogen-bond donors (Lipinski definition) is 0. The molecule has 0 saturated carbocycles. The van der Waals surface area contributed by atoms with Crippen LogP contribution in [0.25, 0.3) is 0 Å². The first-order valence-corrected chi connectivity index (χ1v) is 3.84. The van der Waals surface area contributed by atoms with Gasteiger partial charge in [-0.1, -0.05) is 12.7 Å². The van der Waals surface area contributed by atoms with Crippen molar-refractivity contribution in [3.8, 4) is 5.75 Å². The van der Waals surface area contributed by atoms with Gasteiger partial charge >= 0.3 is 0 Å². The third-order valence-electron chi connectivity index (χ3n) is 1.57. The highest BCUT2D eigenvalue weighted by Gasteiger charge is 2.07. The lowest BCUT2D eigenvalue weighted by Gasteiger charge is -2.05. The Bertz CT molecular complexity index is 321. The van der Waals surface area contributed by atoms with Gasteiger partial charge in [0.25, 0.3) is 0 Å². The summed E-state index contributed by atoms with van der Waals surface area (Å²) >= 11 is 0. The van der Waals surface area contributed by atoms with Gasteiger partial charge in [-0.25, -0.2) is 8.78 Å². The summed E-state index contributed by atoms with van der Waals surface area (Å²) in [6.45, 7) is 5.07. The van der Waals surface area contributed by atoms with Crippen LogP contribution in [0.5, 0.6) is 5.75 Å². The summed E-state index contributed by atoms with van der Waals surface area (Å²) < 4.78 is 30.8. The minimum absolute atomic E-state index is 0.0806. The molecule has 0 spiro atoms. The summed E-state index contributed by atoms with van der Waals surface area (Å²) in [4.78, 5) is 0. The Balaban J connectivity index is 2.94. The van der Waals surface area contributed by atoms with E-state index < -0.39 is 11.6 Å². The SMILES string of the molecule is C=CCOc1cc(F)c(C)cc1F. The van der Waals surface area contributed by atoms with Gasteiger partial charge in [-0.05, 0) is 18.6 Å². The van der Waals surface area contributed by atoms with Gasteiger partial charge in [0.1, 0.15) is 12.4 Å². The second kappa shape index (κ2) is 4.03. The lowest BCUT2D eigenvalue weighted by molar-refractivity contribution is 0.339. The molecule has 0 atom stereocenters. The van der Waals surface area contributed by atoms with Crippen molar-refractivity contribution < 1.29 is 13.5 Å². The van der Waals surface area contributed by atoms with Crippen LogP contribution in [-0.2, 0) is 0 Å².